The van der Waals surface area contributed by atoms with E-state index in [9.17, 15) is 14.9 Å². The Bertz CT molecular complexity index is 1270. The first-order valence-corrected chi connectivity index (χ1v) is 11.7. The number of carbonyl (C=O) groups excluding carboxylic acids is 2. The summed E-state index contributed by atoms with van der Waals surface area (Å²) in [6, 6.07) is 25.1. The molecule has 1 N–H and O–H groups in total. The number of anilines is 2. The number of nitrogens with one attached hydrogen (secondary N) is 1. The standard InChI is InChI=1S/C26H20ClN3O3S/c1-33-21-13-11-19(12-14-21)29-24(31)22(16-28)26-30(20-5-3-2-4-6-20)25(32)23(34-26)15-17-7-9-18(27)10-8-17/h2-14,23H,15H2,1H3,(H,29,31)/b26-22-/t23-/m0/s1. The van der Waals surface area contributed by atoms with Crippen molar-refractivity contribution in [2.75, 3.05) is 17.3 Å². The summed E-state index contributed by atoms with van der Waals surface area (Å²) < 4.78 is 5.14. The molecule has 3 aromatic rings. The number of thioether (sulfide) groups is 1. The molecule has 170 valence electrons. The zero-order valence-corrected chi connectivity index (χ0v) is 19.8. The third-order valence-corrected chi connectivity index (χ3v) is 6.72. The monoisotopic (exact) mass is 489 g/mol. The highest BCUT2D eigenvalue weighted by molar-refractivity contribution is 8.05. The normalized spacial score (nSPS) is 16.7. The maximum Gasteiger partial charge on any atom is 0.269 e. The largest absolute Gasteiger partial charge is 0.497 e. The van der Waals surface area contributed by atoms with E-state index in [0.29, 0.717) is 33.6 Å². The number of amides is 2. The van der Waals surface area contributed by atoms with Crippen LogP contribution in [0.1, 0.15) is 5.56 Å². The van der Waals surface area contributed by atoms with Gasteiger partial charge in [0.2, 0.25) is 5.91 Å². The molecule has 4 rings (SSSR count). The van der Waals surface area contributed by atoms with Gasteiger partial charge in [-0.25, -0.2) is 0 Å². The molecule has 3 aromatic carbocycles. The van der Waals surface area contributed by atoms with Gasteiger partial charge in [0.25, 0.3) is 5.91 Å². The van der Waals surface area contributed by atoms with Crippen LogP contribution in [0.15, 0.2) is 89.5 Å². The third-order valence-electron chi connectivity index (χ3n) is 5.20. The lowest BCUT2D eigenvalue weighted by Crippen LogP contribution is -2.30. The lowest BCUT2D eigenvalue weighted by atomic mass is 10.1. The highest BCUT2D eigenvalue weighted by atomic mass is 35.5. The van der Waals surface area contributed by atoms with Gasteiger partial charge in [-0.2, -0.15) is 5.26 Å². The summed E-state index contributed by atoms with van der Waals surface area (Å²) >= 11 is 7.20. The van der Waals surface area contributed by atoms with Gasteiger partial charge in [0.05, 0.1) is 12.4 Å². The van der Waals surface area contributed by atoms with E-state index >= 15 is 0 Å². The molecule has 0 bridgehead atoms. The van der Waals surface area contributed by atoms with E-state index in [-0.39, 0.29) is 11.5 Å². The number of hydrogen-bond donors (Lipinski definition) is 1. The van der Waals surface area contributed by atoms with Crippen molar-refractivity contribution in [2.45, 2.75) is 11.7 Å². The minimum Gasteiger partial charge on any atom is -0.497 e. The molecule has 0 saturated carbocycles. The second-order valence-electron chi connectivity index (χ2n) is 7.42. The van der Waals surface area contributed by atoms with Crippen molar-refractivity contribution in [3.05, 3.63) is 100 Å². The van der Waals surface area contributed by atoms with Crippen molar-refractivity contribution < 1.29 is 14.3 Å². The second kappa shape index (κ2) is 10.5. The number of para-hydroxylation sites is 1. The molecule has 1 atom stereocenters. The summed E-state index contributed by atoms with van der Waals surface area (Å²) in [5, 5.41) is 13.1. The molecule has 1 aliphatic heterocycles. The van der Waals surface area contributed by atoms with Crippen molar-refractivity contribution in [3.63, 3.8) is 0 Å². The van der Waals surface area contributed by atoms with Gasteiger partial charge in [-0.1, -0.05) is 53.7 Å². The summed E-state index contributed by atoms with van der Waals surface area (Å²) in [7, 11) is 1.55. The van der Waals surface area contributed by atoms with Crippen LogP contribution >= 0.6 is 23.4 Å². The lowest BCUT2D eigenvalue weighted by molar-refractivity contribution is -0.117. The molecule has 1 heterocycles. The summed E-state index contributed by atoms with van der Waals surface area (Å²) in [4.78, 5) is 28.0. The molecule has 0 aliphatic carbocycles. The maximum absolute atomic E-state index is 13.4. The minimum absolute atomic E-state index is 0.128. The first kappa shape index (κ1) is 23.4. The Hall–Kier alpha value is -3.73. The number of nitrogens with zero attached hydrogens (tertiary/aromatic N) is 2. The second-order valence-corrected chi connectivity index (χ2v) is 9.05. The number of nitriles is 1. The average Bonchev–Trinajstić information content (AvgIpc) is 3.17. The van der Waals surface area contributed by atoms with Gasteiger partial charge in [-0.05, 0) is 60.5 Å². The fraction of sp³-hybridized carbons (Fsp3) is 0.115. The average molecular weight is 490 g/mol. The highest BCUT2D eigenvalue weighted by Crippen LogP contribution is 2.42. The molecule has 0 radical (unpaired) electrons. The van der Waals surface area contributed by atoms with Gasteiger partial charge in [0.15, 0.2) is 0 Å². The molecular weight excluding hydrogens is 470 g/mol. The number of hydrogen-bond acceptors (Lipinski definition) is 5. The van der Waals surface area contributed by atoms with Gasteiger partial charge < -0.3 is 10.1 Å². The predicted molar refractivity (Wildman–Crippen MR) is 135 cm³/mol. The molecule has 6 nitrogen and oxygen atoms in total. The van der Waals surface area contributed by atoms with Gasteiger partial charge in [-0.15, -0.1) is 0 Å². The number of benzene rings is 3. The molecule has 1 saturated heterocycles. The Morgan fingerprint density at radius 2 is 1.76 bits per heavy atom. The Morgan fingerprint density at radius 3 is 2.38 bits per heavy atom. The summed E-state index contributed by atoms with van der Waals surface area (Å²) in [6.07, 6.45) is 0.437. The highest BCUT2D eigenvalue weighted by Gasteiger charge is 2.40. The van der Waals surface area contributed by atoms with Crippen molar-refractivity contribution in [2.24, 2.45) is 0 Å². The van der Waals surface area contributed by atoms with Crippen LogP contribution in [0.4, 0.5) is 11.4 Å². The molecule has 0 aromatic heterocycles. The Balaban J connectivity index is 1.68. The molecule has 0 unspecified atom stereocenters. The summed E-state index contributed by atoms with van der Waals surface area (Å²) in [6.45, 7) is 0. The van der Waals surface area contributed by atoms with Crippen molar-refractivity contribution >= 4 is 46.6 Å². The zero-order chi connectivity index (χ0) is 24.1. The van der Waals surface area contributed by atoms with Crippen LogP contribution in [0.5, 0.6) is 5.75 Å². The molecule has 1 fully saturated rings. The Labute approximate surface area is 206 Å². The van der Waals surface area contributed by atoms with E-state index in [1.165, 1.54) is 16.7 Å². The van der Waals surface area contributed by atoms with E-state index in [2.05, 4.69) is 5.32 Å². The van der Waals surface area contributed by atoms with Crippen LogP contribution in [0.25, 0.3) is 0 Å². The first-order valence-electron chi connectivity index (χ1n) is 10.4. The van der Waals surface area contributed by atoms with Crippen LogP contribution in [-0.2, 0) is 16.0 Å². The molecule has 0 spiro atoms. The van der Waals surface area contributed by atoms with Gasteiger partial charge in [0, 0.05) is 16.4 Å². The van der Waals surface area contributed by atoms with Crippen molar-refractivity contribution in [3.8, 4) is 11.8 Å². The van der Waals surface area contributed by atoms with Gasteiger partial charge >= 0.3 is 0 Å². The van der Waals surface area contributed by atoms with Crippen molar-refractivity contribution in [1.29, 1.82) is 5.26 Å². The maximum atomic E-state index is 13.4. The zero-order valence-electron chi connectivity index (χ0n) is 18.2. The van der Waals surface area contributed by atoms with E-state index in [1.54, 1.807) is 67.8 Å². The first-order chi connectivity index (χ1) is 16.5. The fourth-order valence-corrected chi connectivity index (χ4v) is 4.94. The molecule has 1 aliphatic rings. The number of halogens is 1. The van der Waals surface area contributed by atoms with Gasteiger partial charge in [-0.3, -0.25) is 14.5 Å². The predicted octanol–water partition coefficient (Wildman–Crippen LogP) is 5.41. The van der Waals surface area contributed by atoms with Crippen LogP contribution < -0.4 is 15.0 Å². The Kier molecular flexibility index (Phi) is 7.21. The van der Waals surface area contributed by atoms with Gasteiger partial charge in [0.1, 0.15) is 22.4 Å². The van der Waals surface area contributed by atoms with E-state index in [0.717, 1.165) is 5.56 Å². The molecular formula is C26H20ClN3O3S. The lowest BCUT2D eigenvalue weighted by Gasteiger charge is -2.18. The molecule has 8 heteroatoms. The SMILES string of the molecule is COc1ccc(NC(=O)/C(C#N)=C2\S[C@@H](Cc3ccc(Cl)cc3)C(=O)N2c2ccccc2)cc1. The minimum atomic E-state index is -0.587. The van der Waals surface area contributed by atoms with Crippen LogP contribution in [-0.4, -0.2) is 24.2 Å². The number of methoxy groups -OCH3 is 1. The summed E-state index contributed by atoms with van der Waals surface area (Å²) in [5.41, 5.74) is 1.92. The Morgan fingerprint density at radius 1 is 1.09 bits per heavy atom. The smallest absolute Gasteiger partial charge is 0.269 e. The number of carbonyl (C=O) groups is 2. The van der Waals surface area contributed by atoms with Crippen LogP contribution in [0.3, 0.4) is 0 Å². The summed E-state index contributed by atoms with van der Waals surface area (Å²) in [5.74, 6) is -0.128. The van der Waals surface area contributed by atoms with Crippen LogP contribution in [0, 0.1) is 11.3 Å². The van der Waals surface area contributed by atoms with E-state index < -0.39 is 11.2 Å². The molecule has 2 amide bonds. The quantitative estimate of drug-likeness (QED) is 0.369. The molecule has 34 heavy (non-hydrogen) atoms. The number of ether oxygens (including phenoxy) is 1. The number of rotatable bonds is 6. The fourth-order valence-electron chi connectivity index (χ4n) is 3.50. The van der Waals surface area contributed by atoms with Crippen LogP contribution in [0.2, 0.25) is 5.02 Å². The van der Waals surface area contributed by atoms with E-state index in [4.69, 9.17) is 16.3 Å². The topological polar surface area (TPSA) is 82.4 Å². The third kappa shape index (κ3) is 5.09. The van der Waals surface area contributed by atoms with E-state index in [1.807, 2.05) is 24.3 Å². The van der Waals surface area contributed by atoms with Crippen molar-refractivity contribution in [1.82, 2.24) is 0 Å².